The van der Waals surface area contributed by atoms with E-state index < -0.39 is 34.9 Å². The quantitative estimate of drug-likeness (QED) is 0.0894. The van der Waals surface area contributed by atoms with Crippen LogP contribution in [-0.2, 0) is 12.4 Å². The minimum atomic E-state index is -5.39. The molecule has 0 amide bonds. The zero-order valence-electron chi connectivity index (χ0n) is 62.0. The van der Waals surface area contributed by atoms with Gasteiger partial charge < -0.3 is 9.13 Å². The van der Waals surface area contributed by atoms with Crippen molar-refractivity contribution in [2.45, 2.75) is 12.4 Å². The van der Waals surface area contributed by atoms with Gasteiger partial charge >= 0.3 is 12.4 Å². The zero-order valence-corrected chi connectivity index (χ0v) is 62.0. The number of aromatic nitrogens is 14. The van der Waals surface area contributed by atoms with Crippen LogP contribution in [-0.4, -0.2) is 68.9 Å². The van der Waals surface area contributed by atoms with E-state index in [9.17, 15) is 0 Å². The molecule has 14 aromatic carbocycles. The van der Waals surface area contributed by atoms with Crippen LogP contribution in [0.25, 0.3) is 203 Å². The summed E-state index contributed by atoms with van der Waals surface area (Å²) in [4.78, 5) is 60.8. The van der Waals surface area contributed by atoms with E-state index in [-0.39, 0.29) is 56.5 Å². The Hall–Kier alpha value is -15.7. The molecule has 14 nitrogen and oxygen atoms in total. The Labute approximate surface area is 669 Å². The van der Waals surface area contributed by atoms with Crippen molar-refractivity contribution in [1.29, 1.82) is 0 Å². The molecule has 0 saturated carbocycles. The molecular formula is C98H58F6N14. The lowest BCUT2D eigenvalue weighted by atomic mass is 9.95. The second-order valence-electron chi connectivity index (χ2n) is 28.2. The van der Waals surface area contributed by atoms with Crippen molar-refractivity contribution in [2.24, 2.45) is 0 Å². The fourth-order valence-corrected chi connectivity index (χ4v) is 15.2. The minimum Gasteiger partial charge on any atom is -0.309 e. The number of nitrogens with zero attached hydrogens (tertiary/aromatic N) is 14. The van der Waals surface area contributed by atoms with E-state index in [1.165, 1.54) is 28.8 Å². The Balaban J connectivity index is 0.919. The number of hydrogen-bond donors (Lipinski definition) is 0. The highest BCUT2D eigenvalue weighted by atomic mass is 19.4. The first-order valence-corrected chi connectivity index (χ1v) is 37.8. The van der Waals surface area contributed by atoms with Gasteiger partial charge in [-0.25, -0.2) is 59.8 Å². The molecule has 20 heteroatoms. The van der Waals surface area contributed by atoms with Crippen LogP contribution in [0, 0.1) is 0 Å². The summed E-state index contributed by atoms with van der Waals surface area (Å²) in [7, 11) is 0. The van der Waals surface area contributed by atoms with E-state index in [1.54, 1.807) is 41.0 Å². The molecule has 6 aromatic heterocycles. The van der Waals surface area contributed by atoms with E-state index in [0.29, 0.717) is 135 Å². The van der Waals surface area contributed by atoms with Crippen molar-refractivity contribution in [3.63, 3.8) is 0 Å². The maximum atomic E-state index is 18.8. The average molecular weight is 1550 g/mol. The van der Waals surface area contributed by atoms with Gasteiger partial charge in [-0.1, -0.05) is 309 Å². The van der Waals surface area contributed by atoms with Gasteiger partial charge in [0.05, 0.1) is 39.0 Å². The summed E-state index contributed by atoms with van der Waals surface area (Å²) < 4.78 is 106. The Bertz CT molecular complexity index is 6650. The van der Waals surface area contributed by atoms with Crippen molar-refractivity contribution in [3.05, 3.63) is 363 Å². The molecule has 562 valence electrons. The fourth-order valence-electron chi connectivity index (χ4n) is 15.2. The molecule has 0 unspecified atom stereocenters. The second kappa shape index (κ2) is 29.4. The number of fused-ring (bicyclic) bond motifs is 6. The van der Waals surface area contributed by atoms with Crippen molar-refractivity contribution < 1.29 is 26.3 Å². The summed E-state index contributed by atoms with van der Waals surface area (Å²) in [5, 5.41) is 1.95. The number of alkyl halides is 6. The van der Waals surface area contributed by atoms with Crippen LogP contribution in [0.15, 0.2) is 352 Å². The van der Waals surface area contributed by atoms with E-state index in [0.717, 1.165) is 12.1 Å². The predicted molar refractivity (Wildman–Crippen MR) is 449 cm³/mol. The normalized spacial score (nSPS) is 11.8. The molecule has 0 bridgehead atoms. The maximum Gasteiger partial charge on any atom is 0.420 e. The topological polar surface area (TPSA) is 165 Å². The molecule has 0 fully saturated rings. The Kier molecular flexibility index (Phi) is 17.8. The van der Waals surface area contributed by atoms with Crippen LogP contribution >= 0.6 is 0 Å². The largest absolute Gasteiger partial charge is 0.420 e. The third-order valence-corrected chi connectivity index (χ3v) is 20.8. The lowest BCUT2D eigenvalue weighted by molar-refractivity contribution is -0.138. The monoisotopic (exact) mass is 1540 g/mol. The summed E-state index contributed by atoms with van der Waals surface area (Å²) in [6.45, 7) is 0. The molecule has 20 aromatic rings. The summed E-state index contributed by atoms with van der Waals surface area (Å²) in [5.41, 5.74) is 4.23. The van der Waals surface area contributed by atoms with E-state index in [2.05, 4.69) is 0 Å². The van der Waals surface area contributed by atoms with Gasteiger partial charge in [-0.05, 0) is 48.0 Å². The molecule has 0 aliphatic carbocycles. The summed E-state index contributed by atoms with van der Waals surface area (Å²) in [6, 6.07) is 104. The third kappa shape index (κ3) is 13.4. The molecule has 6 heterocycles. The van der Waals surface area contributed by atoms with Crippen LogP contribution in [0.4, 0.5) is 26.3 Å². The highest BCUT2D eigenvalue weighted by molar-refractivity contribution is 6.14. The average Bonchev–Trinajstić information content (AvgIpc) is 1.55. The lowest BCUT2D eigenvalue weighted by Crippen LogP contribution is -2.17. The van der Waals surface area contributed by atoms with Crippen molar-refractivity contribution in [1.82, 2.24) is 68.9 Å². The molecular weight excluding hydrogens is 1490 g/mol. The summed E-state index contributed by atoms with van der Waals surface area (Å²) >= 11 is 0. The molecule has 0 aliphatic rings. The molecule has 20 rings (SSSR count). The van der Waals surface area contributed by atoms with Gasteiger partial charge in [0.15, 0.2) is 69.9 Å². The number of halogens is 6. The van der Waals surface area contributed by atoms with Gasteiger partial charge in [0, 0.05) is 93.9 Å². The van der Waals surface area contributed by atoms with Gasteiger partial charge in [-0.2, -0.15) is 26.3 Å². The zero-order chi connectivity index (χ0) is 79.6. The Morgan fingerprint density at radius 3 is 0.653 bits per heavy atom. The fraction of sp³-hybridized carbons (Fsp3) is 0.0204. The first-order valence-electron chi connectivity index (χ1n) is 37.8. The standard InChI is InChI=1S/C98H58F6N14/c99-97(100,101)72-43-25-42-67(54-72)73-52-53-78(117-79-55-68(93-109-85(59-26-9-1-10-27-59)105-86(110-93)60-28-11-2-12-29-60)44-48-74(79)75-49-45-69(56-80(75)117)94-111-87(61-30-13-3-14-31-61)106-88(112-94)62-32-15-4-16-33-62)83(98(102,103)104)84(73)118-81-57-70(95-113-89(63-34-17-5-18-35-63)107-90(114-95)64-36-19-6-20-37-64)46-50-76(81)77-51-47-71(58-82(77)118)96-115-91(65-38-21-7-22-39-65)108-92(116-96)66-40-23-8-24-41-66/h1-58H. The van der Waals surface area contributed by atoms with E-state index in [1.807, 2.05) is 279 Å². The van der Waals surface area contributed by atoms with Crippen LogP contribution < -0.4 is 0 Å². The van der Waals surface area contributed by atoms with Crippen LogP contribution in [0.1, 0.15) is 11.1 Å². The predicted octanol–water partition coefficient (Wildman–Crippen LogP) is 24.3. The molecule has 118 heavy (non-hydrogen) atoms. The van der Waals surface area contributed by atoms with Crippen LogP contribution in [0.2, 0.25) is 0 Å². The Morgan fingerprint density at radius 1 is 0.186 bits per heavy atom. The molecule has 0 N–H and O–H groups in total. The molecule has 0 spiro atoms. The maximum absolute atomic E-state index is 18.8. The highest BCUT2D eigenvalue weighted by Gasteiger charge is 2.42. The van der Waals surface area contributed by atoms with Crippen LogP contribution in [0.3, 0.4) is 0 Å². The first-order chi connectivity index (χ1) is 57.7. The summed E-state index contributed by atoms with van der Waals surface area (Å²) in [6.07, 6.45) is -10.3. The van der Waals surface area contributed by atoms with E-state index >= 15 is 26.3 Å². The Morgan fingerprint density at radius 2 is 0.415 bits per heavy atom. The van der Waals surface area contributed by atoms with Crippen molar-refractivity contribution in [3.8, 4) is 159 Å². The van der Waals surface area contributed by atoms with Gasteiger partial charge in [-0.15, -0.1) is 0 Å². The number of rotatable bonds is 15. The van der Waals surface area contributed by atoms with Crippen LogP contribution in [0.5, 0.6) is 0 Å². The number of benzene rings is 14. The summed E-state index contributed by atoms with van der Waals surface area (Å²) in [5.74, 6) is 3.43. The van der Waals surface area contributed by atoms with Gasteiger partial charge in [0.2, 0.25) is 0 Å². The van der Waals surface area contributed by atoms with E-state index in [4.69, 9.17) is 59.8 Å². The van der Waals surface area contributed by atoms with Gasteiger partial charge in [-0.3, -0.25) is 0 Å². The second-order valence-corrected chi connectivity index (χ2v) is 28.2. The smallest absolute Gasteiger partial charge is 0.309 e. The van der Waals surface area contributed by atoms with Crippen molar-refractivity contribution in [2.75, 3.05) is 0 Å². The highest BCUT2D eigenvalue weighted by Crippen LogP contribution is 2.50. The minimum absolute atomic E-state index is 0.175. The SMILES string of the molecule is FC(F)(F)c1cccc(-c2ccc(-n3c4cc(-c5nc(-c6ccccc6)nc(-c6ccccc6)n5)ccc4c4ccc(-c5nc(-c6ccccc6)nc(-c6ccccc6)n5)cc43)c(C(F)(F)F)c2-n2c3cc(-c4nc(-c5ccccc5)nc(-c5ccccc5)n4)ccc3c3ccc(-c4nc(-c5ccccc5)nc(-c5ccccc5)n4)cc32)c1. The first kappa shape index (κ1) is 71.3. The molecule has 0 saturated heterocycles. The molecule has 0 atom stereocenters. The van der Waals surface area contributed by atoms with Gasteiger partial charge in [0.1, 0.15) is 5.56 Å². The third-order valence-electron chi connectivity index (χ3n) is 20.8. The number of hydrogen-bond acceptors (Lipinski definition) is 12. The molecule has 0 aliphatic heterocycles. The van der Waals surface area contributed by atoms with Crippen molar-refractivity contribution >= 4 is 43.6 Å². The lowest BCUT2D eigenvalue weighted by Gasteiger charge is -2.25. The van der Waals surface area contributed by atoms with Gasteiger partial charge in [0.25, 0.3) is 0 Å². The molecule has 0 radical (unpaired) electrons.